The summed E-state index contributed by atoms with van der Waals surface area (Å²) in [6, 6.07) is 11.7. The van der Waals surface area contributed by atoms with Gasteiger partial charge in [-0.3, -0.25) is 19.0 Å². The van der Waals surface area contributed by atoms with Crippen molar-refractivity contribution in [1.82, 2.24) is 24.2 Å². The van der Waals surface area contributed by atoms with Crippen LogP contribution in [0.4, 0.5) is 0 Å². The van der Waals surface area contributed by atoms with Gasteiger partial charge in [0, 0.05) is 55.9 Å². The first kappa shape index (κ1) is 18.2. The van der Waals surface area contributed by atoms with Gasteiger partial charge in [-0.25, -0.2) is 9.97 Å². The maximum Gasteiger partial charge on any atom is 0.258 e. The van der Waals surface area contributed by atoms with Crippen LogP contribution in [0.5, 0.6) is 0 Å². The minimum atomic E-state index is -0.0111. The van der Waals surface area contributed by atoms with E-state index in [1.54, 1.807) is 22.9 Å². The number of hydrogen-bond donors (Lipinski definition) is 0. The predicted molar refractivity (Wildman–Crippen MR) is 112 cm³/mol. The van der Waals surface area contributed by atoms with Gasteiger partial charge in [0.1, 0.15) is 0 Å². The molecule has 5 rings (SSSR count). The lowest BCUT2D eigenvalue weighted by molar-refractivity contribution is 0.114. The highest BCUT2D eigenvalue weighted by Crippen LogP contribution is 2.21. The Labute approximate surface area is 171 Å². The van der Waals surface area contributed by atoms with Crippen molar-refractivity contribution in [2.45, 2.75) is 13.1 Å². The van der Waals surface area contributed by atoms with E-state index in [0.717, 1.165) is 54.0 Å². The first-order valence-corrected chi connectivity index (χ1v) is 10.5. The maximum atomic E-state index is 12.1. The Balaban J connectivity index is 1.17. The Kier molecular flexibility index (Phi) is 4.97. The first-order valence-electron chi connectivity index (χ1n) is 9.65. The second-order valence-electron chi connectivity index (χ2n) is 7.18. The van der Waals surface area contributed by atoms with Gasteiger partial charge in [-0.05, 0) is 0 Å². The molecule has 4 heterocycles. The molecular formula is C21H21N5O2S. The summed E-state index contributed by atoms with van der Waals surface area (Å²) >= 11 is 1.49. The molecule has 0 N–H and O–H groups in total. The third-order valence-electron chi connectivity index (χ3n) is 5.18. The van der Waals surface area contributed by atoms with E-state index in [0.29, 0.717) is 13.1 Å². The molecule has 1 saturated heterocycles. The average molecular weight is 407 g/mol. The van der Waals surface area contributed by atoms with Crippen molar-refractivity contribution >= 4 is 16.3 Å². The van der Waals surface area contributed by atoms with Crippen LogP contribution in [0.3, 0.4) is 0 Å². The van der Waals surface area contributed by atoms with E-state index in [2.05, 4.69) is 19.8 Å². The molecule has 0 atom stereocenters. The summed E-state index contributed by atoms with van der Waals surface area (Å²) in [6.45, 7) is 5.14. The Hall–Kier alpha value is -2.81. The summed E-state index contributed by atoms with van der Waals surface area (Å²) in [4.78, 5) is 26.6. The summed E-state index contributed by atoms with van der Waals surface area (Å²) in [5.41, 5.74) is 1.87. The van der Waals surface area contributed by atoms with Crippen molar-refractivity contribution in [1.29, 1.82) is 0 Å². The van der Waals surface area contributed by atoms with Gasteiger partial charge >= 0.3 is 0 Å². The molecule has 4 aromatic rings. The van der Waals surface area contributed by atoms with Crippen LogP contribution in [0.1, 0.15) is 11.6 Å². The third kappa shape index (κ3) is 4.00. The van der Waals surface area contributed by atoms with Gasteiger partial charge in [0.2, 0.25) is 5.89 Å². The molecule has 0 radical (unpaired) electrons. The van der Waals surface area contributed by atoms with Crippen molar-refractivity contribution in [3.63, 3.8) is 0 Å². The quantitative estimate of drug-likeness (QED) is 0.507. The molecule has 8 heteroatoms. The Morgan fingerprint density at radius 2 is 1.79 bits per heavy atom. The van der Waals surface area contributed by atoms with Gasteiger partial charge in [0.25, 0.3) is 5.56 Å². The predicted octanol–water partition coefficient (Wildman–Crippen LogP) is 2.73. The molecule has 0 unspecified atom stereocenters. The molecule has 0 saturated carbocycles. The minimum absolute atomic E-state index is 0.0111. The van der Waals surface area contributed by atoms with Crippen molar-refractivity contribution < 1.29 is 4.42 Å². The van der Waals surface area contributed by atoms with Gasteiger partial charge in [-0.1, -0.05) is 30.3 Å². The van der Waals surface area contributed by atoms with Gasteiger partial charge in [-0.2, -0.15) is 0 Å². The second kappa shape index (κ2) is 7.90. The normalized spacial score (nSPS) is 15.9. The van der Waals surface area contributed by atoms with Gasteiger partial charge in [-0.15, -0.1) is 11.3 Å². The molecule has 7 nitrogen and oxygen atoms in total. The van der Waals surface area contributed by atoms with Crippen LogP contribution in [0.2, 0.25) is 0 Å². The van der Waals surface area contributed by atoms with Gasteiger partial charge in [0.05, 0.1) is 18.4 Å². The number of benzene rings is 1. The molecule has 1 aliphatic heterocycles. The largest absolute Gasteiger partial charge is 0.439 e. The number of piperazine rings is 1. The Bertz CT molecular complexity index is 1160. The zero-order chi connectivity index (χ0) is 19.6. The van der Waals surface area contributed by atoms with Crippen LogP contribution in [0.25, 0.3) is 16.3 Å². The molecule has 0 spiro atoms. The highest BCUT2D eigenvalue weighted by molar-refractivity contribution is 7.15. The zero-order valence-corrected chi connectivity index (χ0v) is 16.7. The molecule has 1 fully saturated rings. The number of fused-ring (bicyclic) bond motifs is 1. The fourth-order valence-corrected chi connectivity index (χ4v) is 4.35. The Morgan fingerprint density at radius 3 is 2.59 bits per heavy atom. The first-order chi connectivity index (χ1) is 14.2. The van der Waals surface area contributed by atoms with E-state index in [4.69, 9.17) is 4.42 Å². The lowest BCUT2D eigenvalue weighted by atomic mass is 10.2. The molecule has 3 aromatic heterocycles. The number of rotatable bonds is 5. The molecule has 148 valence electrons. The summed E-state index contributed by atoms with van der Waals surface area (Å²) in [5, 5.41) is 1.89. The van der Waals surface area contributed by atoms with Crippen molar-refractivity contribution in [3.8, 4) is 11.3 Å². The van der Waals surface area contributed by atoms with Crippen molar-refractivity contribution in [3.05, 3.63) is 76.1 Å². The number of thiazole rings is 1. The smallest absolute Gasteiger partial charge is 0.258 e. The lowest BCUT2D eigenvalue weighted by Gasteiger charge is -2.33. The number of oxazole rings is 1. The van der Waals surface area contributed by atoms with Gasteiger partial charge in [0.15, 0.2) is 10.7 Å². The van der Waals surface area contributed by atoms with E-state index in [-0.39, 0.29) is 5.56 Å². The number of nitrogens with zero attached hydrogens (tertiary/aromatic N) is 5. The standard InChI is InChI=1S/C21H21N5O2S/c27-20-12-17(23-21-26(20)10-11-29-21)14-24-6-8-25(9-7-24)15-19-22-13-18(28-19)16-4-2-1-3-5-16/h1-5,10-13H,6-9,14-15H2. The molecule has 0 aliphatic carbocycles. The maximum absolute atomic E-state index is 12.1. The van der Waals surface area contributed by atoms with Crippen LogP contribution in [-0.4, -0.2) is 50.3 Å². The van der Waals surface area contributed by atoms with Crippen molar-refractivity contribution in [2.75, 3.05) is 26.2 Å². The third-order valence-corrected chi connectivity index (χ3v) is 5.93. The van der Waals surface area contributed by atoms with E-state index in [1.165, 1.54) is 11.3 Å². The van der Waals surface area contributed by atoms with Crippen LogP contribution in [0.15, 0.2) is 63.4 Å². The highest BCUT2D eigenvalue weighted by atomic mass is 32.1. The van der Waals surface area contributed by atoms with Crippen LogP contribution < -0.4 is 5.56 Å². The fourth-order valence-electron chi connectivity index (χ4n) is 3.61. The summed E-state index contributed by atoms with van der Waals surface area (Å²) in [5.74, 6) is 1.55. The second-order valence-corrected chi connectivity index (χ2v) is 8.05. The minimum Gasteiger partial charge on any atom is -0.439 e. The molecule has 1 aliphatic rings. The van der Waals surface area contributed by atoms with Gasteiger partial charge < -0.3 is 4.42 Å². The monoisotopic (exact) mass is 407 g/mol. The summed E-state index contributed by atoms with van der Waals surface area (Å²) in [6.07, 6.45) is 3.57. The fraction of sp³-hybridized carbons (Fsp3) is 0.286. The Morgan fingerprint density at radius 1 is 1.03 bits per heavy atom. The van der Waals surface area contributed by atoms with E-state index < -0.39 is 0 Å². The van der Waals surface area contributed by atoms with E-state index in [9.17, 15) is 4.79 Å². The zero-order valence-electron chi connectivity index (χ0n) is 15.9. The highest BCUT2D eigenvalue weighted by Gasteiger charge is 2.20. The average Bonchev–Trinajstić information content (AvgIpc) is 3.40. The molecule has 1 aromatic carbocycles. The number of hydrogen-bond acceptors (Lipinski definition) is 7. The SMILES string of the molecule is O=c1cc(CN2CCN(Cc3ncc(-c4ccccc4)o3)CC2)nc2sccn12. The lowest BCUT2D eigenvalue weighted by Crippen LogP contribution is -2.45. The van der Waals surface area contributed by atoms with E-state index in [1.807, 2.05) is 35.7 Å². The summed E-state index contributed by atoms with van der Waals surface area (Å²) in [7, 11) is 0. The molecule has 29 heavy (non-hydrogen) atoms. The van der Waals surface area contributed by atoms with Crippen LogP contribution >= 0.6 is 11.3 Å². The van der Waals surface area contributed by atoms with E-state index >= 15 is 0 Å². The molecular weight excluding hydrogens is 386 g/mol. The topological polar surface area (TPSA) is 66.9 Å². The van der Waals surface area contributed by atoms with Crippen LogP contribution in [-0.2, 0) is 13.1 Å². The summed E-state index contributed by atoms with van der Waals surface area (Å²) < 4.78 is 7.52. The van der Waals surface area contributed by atoms with Crippen LogP contribution in [0, 0.1) is 0 Å². The molecule has 0 amide bonds. The number of aromatic nitrogens is 3. The van der Waals surface area contributed by atoms with Crippen molar-refractivity contribution in [2.24, 2.45) is 0 Å². The molecule has 0 bridgehead atoms.